The fraction of sp³-hybridized carbons (Fsp3) is 0.667. The van der Waals surface area contributed by atoms with Gasteiger partial charge in [0, 0.05) is 16.9 Å². The van der Waals surface area contributed by atoms with E-state index in [2.05, 4.69) is 0 Å². The molecule has 0 heterocycles. The number of aryl methyl sites for hydroxylation is 2. The zero-order valence-corrected chi connectivity index (χ0v) is 16.1. The summed E-state index contributed by atoms with van der Waals surface area (Å²) in [5.41, 5.74) is 3.04. The highest BCUT2D eigenvalue weighted by atomic mass is 31.2. The van der Waals surface area contributed by atoms with E-state index in [4.69, 9.17) is 0 Å². The van der Waals surface area contributed by atoms with Gasteiger partial charge < -0.3 is 4.57 Å². The van der Waals surface area contributed by atoms with Crippen molar-refractivity contribution >= 4 is 12.7 Å². The van der Waals surface area contributed by atoms with Gasteiger partial charge in [-0.05, 0) is 50.7 Å². The van der Waals surface area contributed by atoms with E-state index in [1.807, 2.05) is 32.0 Å². The lowest BCUT2D eigenvalue weighted by Gasteiger charge is -2.37. The van der Waals surface area contributed by atoms with Crippen molar-refractivity contribution in [3.8, 4) is 0 Å². The molecule has 0 bridgehead atoms. The molecule has 0 unspecified atom stereocenters. The van der Waals surface area contributed by atoms with Crippen molar-refractivity contribution < 1.29 is 9.36 Å². The van der Waals surface area contributed by atoms with Crippen LogP contribution in [0.25, 0.3) is 0 Å². The molecular formula is C21H31O2P. The van der Waals surface area contributed by atoms with Gasteiger partial charge in [-0.3, -0.25) is 4.79 Å². The molecule has 0 aliphatic heterocycles. The van der Waals surface area contributed by atoms with Crippen molar-refractivity contribution in [3.63, 3.8) is 0 Å². The summed E-state index contributed by atoms with van der Waals surface area (Å²) in [5, 5.41) is 0. The van der Waals surface area contributed by atoms with Gasteiger partial charge >= 0.3 is 0 Å². The predicted molar refractivity (Wildman–Crippen MR) is 102 cm³/mol. The lowest BCUT2D eigenvalue weighted by atomic mass is 9.99. The largest absolute Gasteiger partial charge is 0.315 e. The lowest BCUT2D eigenvalue weighted by molar-refractivity contribution is 0.106. The van der Waals surface area contributed by atoms with E-state index in [0.717, 1.165) is 68.1 Å². The zero-order valence-electron chi connectivity index (χ0n) is 15.2. The van der Waals surface area contributed by atoms with E-state index in [9.17, 15) is 9.36 Å². The number of benzene rings is 1. The van der Waals surface area contributed by atoms with Gasteiger partial charge in [-0.15, -0.1) is 0 Å². The molecule has 3 rings (SSSR count). The molecular weight excluding hydrogens is 315 g/mol. The van der Waals surface area contributed by atoms with Crippen LogP contribution in [0.2, 0.25) is 0 Å². The Morgan fingerprint density at radius 1 is 0.833 bits per heavy atom. The quantitative estimate of drug-likeness (QED) is 0.585. The van der Waals surface area contributed by atoms with Crippen molar-refractivity contribution in [2.75, 3.05) is 0 Å². The van der Waals surface area contributed by atoms with E-state index in [-0.39, 0.29) is 16.8 Å². The fourth-order valence-electron chi connectivity index (χ4n) is 4.89. The molecule has 0 atom stereocenters. The highest BCUT2D eigenvalue weighted by Crippen LogP contribution is 2.64. The first kappa shape index (κ1) is 17.9. The molecule has 2 fully saturated rings. The molecule has 2 aliphatic carbocycles. The minimum Gasteiger partial charge on any atom is -0.315 e. The summed E-state index contributed by atoms with van der Waals surface area (Å²) < 4.78 is 14.4. The van der Waals surface area contributed by atoms with Crippen molar-refractivity contribution in [3.05, 3.63) is 34.9 Å². The number of carbonyl (C=O) groups excluding carboxylic acids is 1. The van der Waals surface area contributed by atoms with Crippen LogP contribution in [0, 0.1) is 13.8 Å². The molecule has 2 nitrogen and oxygen atoms in total. The highest BCUT2D eigenvalue weighted by molar-refractivity contribution is 7.82. The minimum atomic E-state index is -2.88. The van der Waals surface area contributed by atoms with Crippen LogP contribution in [0.5, 0.6) is 0 Å². The van der Waals surface area contributed by atoms with Crippen LogP contribution in [-0.4, -0.2) is 16.8 Å². The molecule has 0 amide bonds. The molecule has 1 aromatic rings. The summed E-state index contributed by atoms with van der Waals surface area (Å²) in [4.78, 5) is 13.6. The lowest BCUT2D eigenvalue weighted by Crippen LogP contribution is -2.28. The summed E-state index contributed by atoms with van der Waals surface area (Å²) in [6.07, 6.45) is 11.0. The van der Waals surface area contributed by atoms with E-state index in [1.54, 1.807) is 0 Å². The second-order valence-electron chi connectivity index (χ2n) is 7.87. The Hall–Kier alpha value is -0.880. The predicted octanol–water partition coefficient (Wildman–Crippen LogP) is 6.47. The Kier molecular flexibility index (Phi) is 5.65. The average Bonchev–Trinajstić information content (AvgIpc) is 2.62. The fourth-order valence-corrected chi connectivity index (χ4v) is 9.11. The standard InChI is InChI=1S/C21H31O2P/c1-16-10-9-11-17(2)20(16)21(22)24(23,18-12-5-3-6-13-18)19-14-7-4-8-15-19/h9-11,18-19H,3-8,12-15H2,1-2H3. The smallest absolute Gasteiger partial charge is 0.222 e. The monoisotopic (exact) mass is 346 g/mol. The van der Waals surface area contributed by atoms with Crippen molar-refractivity contribution in [1.82, 2.24) is 0 Å². The van der Waals surface area contributed by atoms with Crippen LogP contribution in [-0.2, 0) is 4.57 Å². The van der Waals surface area contributed by atoms with Gasteiger partial charge in [-0.1, -0.05) is 56.7 Å². The second-order valence-corrected chi connectivity index (χ2v) is 11.2. The molecule has 0 spiro atoms. The van der Waals surface area contributed by atoms with Crippen LogP contribution in [0.3, 0.4) is 0 Å². The Bertz CT molecular complexity index is 595. The third-order valence-electron chi connectivity index (χ3n) is 6.25. The molecule has 0 N–H and O–H groups in total. The normalized spacial score (nSPS) is 20.9. The summed E-state index contributed by atoms with van der Waals surface area (Å²) in [7, 11) is -2.88. The maximum absolute atomic E-state index is 14.4. The van der Waals surface area contributed by atoms with E-state index >= 15 is 0 Å². The number of hydrogen-bond acceptors (Lipinski definition) is 2. The molecule has 3 heteroatoms. The van der Waals surface area contributed by atoms with Gasteiger partial charge in [-0.2, -0.15) is 0 Å². The van der Waals surface area contributed by atoms with Gasteiger partial charge in [0.15, 0.2) is 7.14 Å². The van der Waals surface area contributed by atoms with Crippen molar-refractivity contribution in [2.24, 2.45) is 0 Å². The zero-order chi connectivity index (χ0) is 17.2. The van der Waals surface area contributed by atoms with Crippen LogP contribution in [0.4, 0.5) is 0 Å². The third-order valence-corrected chi connectivity index (χ3v) is 10.3. The second kappa shape index (κ2) is 7.56. The summed E-state index contributed by atoms with van der Waals surface area (Å²) >= 11 is 0. The molecule has 1 aromatic carbocycles. The number of hydrogen-bond donors (Lipinski definition) is 0. The van der Waals surface area contributed by atoms with Crippen molar-refractivity contribution in [1.29, 1.82) is 0 Å². The van der Waals surface area contributed by atoms with Gasteiger partial charge in [0.05, 0.1) is 0 Å². The third kappa shape index (κ3) is 3.27. The van der Waals surface area contributed by atoms with E-state index in [0.29, 0.717) is 0 Å². The Labute approximate surface area is 146 Å². The summed E-state index contributed by atoms with van der Waals surface area (Å²) in [5.74, 6) is 0. The summed E-state index contributed by atoms with van der Waals surface area (Å²) in [6.45, 7) is 3.98. The Balaban J connectivity index is 2.03. The maximum atomic E-state index is 14.4. The van der Waals surface area contributed by atoms with Gasteiger partial charge in [0.1, 0.15) is 0 Å². The first-order valence-corrected chi connectivity index (χ1v) is 11.6. The number of rotatable bonds is 4. The minimum absolute atomic E-state index is 0.0110. The van der Waals surface area contributed by atoms with Crippen LogP contribution in [0.15, 0.2) is 18.2 Å². The average molecular weight is 346 g/mol. The molecule has 0 aromatic heterocycles. The Morgan fingerprint density at radius 2 is 1.25 bits per heavy atom. The molecule has 2 aliphatic rings. The SMILES string of the molecule is Cc1cccc(C)c1C(=O)P(=O)(C1CCCCC1)C1CCCCC1. The van der Waals surface area contributed by atoms with Crippen molar-refractivity contribution in [2.45, 2.75) is 89.4 Å². The highest BCUT2D eigenvalue weighted by Gasteiger charge is 2.47. The van der Waals surface area contributed by atoms with Gasteiger partial charge in [0.2, 0.25) is 5.52 Å². The first-order chi connectivity index (χ1) is 11.5. The number of carbonyl (C=O) groups is 1. The van der Waals surface area contributed by atoms with Gasteiger partial charge in [-0.25, -0.2) is 0 Å². The van der Waals surface area contributed by atoms with Crippen LogP contribution in [0.1, 0.15) is 85.7 Å². The molecule has 2 saturated carbocycles. The van der Waals surface area contributed by atoms with Crippen LogP contribution >= 0.6 is 7.14 Å². The van der Waals surface area contributed by atoms with Crippen LogP contribution < -0.4 is 0 Å². The molecule has 0 saturated heterocycles. The van der Waals surface area contributed by atoms with Gasteiger partial charge in [0.25, 0.3) is 0 Å². The van der Waals surface area contributed by atoms with E-state index < -0.39 is 7.14 Å². The first-order valence-electron chi connectivity index (χ1n) is 9.75. The molecule has 132 valence electrons. The Morgan fingerprint density at radius 3 is 1.67 bits per heavy atom. The molecule has 0 radical (unpaired) electrons. The maximum Gasteiger partial charge on any atom is 0.222 e. The topological polar surface area (TPSA) is 34.1 Å². The summed E-state index contributed by atoms with van der Waals surface area (Å²) in [6, 6.07) is 5.98. The van der Waals surface area contributed by atoms with E-state index in [1.165, 1.54) is 12.8 Å². The molecule has 24 heavy (non-hydrogen) atoms.